The Kier molecular flexibility index (Phi) is 2.92. The van der Waals surface area contributed by atoms with Crippen LogP contribution in [0, 0.1) is 5.92 Å². The third-order valence-corrected chi connectivity index (χ3v) is 3.87. The SMILES string of the molecule is CCCCC1COC2C1OCC21OCCO1. The number of ether oxygens (including phenoxy) is 4. The van der Waals surface area contributed by atoms with Gasteiger partial charge >= 0.3 is 0 Å². The summed E-state index contributed by atoms with van der Waals surface area (Å²) in [4.78, 5) is 0. The van der Waals surface area contributed by atoms with E-state index >= 15 is 0 Å². The van der Waals surface area contributed by atoms with Crippen LogP contribution in [0.2, 0.25) is 0 Å². The Hall–Kier alpha value is -0.160. The van der Waals surface area contributed by atoms with Crippen molar-refractivity contribution in [3.05, 3.63) is 0 Å². The third kappa shape index (κ3) is 1.59. The maximum absolute atomic E-state index is 5.85. The molecule has 0 N–H and O–H groups in total. The summed E-state index contributed by atoms with van der Waals surface area (Å²) in [5.41, 5.74) is 0. The highest BCUT2D eigenvalue weighted by Gasteiger charge is 2.59. The van der Waals surface area contributed by atoms with Gasteiger partial charge in [-0.25, -0.2) is 0 Å². The van der Waals surface area contributed by atoms with E-state index in [1.807, 2.05) is 0 Å². The first kappa shape index (κ1) is 11.0. The van der Waals surface area contributed by atoms with Gasteiger partial charge in [0.05, 0.1) is 25.9 Å². The number of fused-ring (bicyclic) bond motifs is 2. The molecule has 4 heteroatoms. The monoisotopic (exact) mass is 228 g/mol. The van der Waals surface area contributed by atoms with E-state index in [9.17, 15) is 0 Å². The Morgan fingerprint density at radius 3 is 2.75 bits per heavy atom. The molecular weight excluding hydrogens is 208 g/mol. The van der Waals surface area contributed by atoms with Gasteiger partial charge in [-0.15, -0.1) is 0 Å². The molecule has 0 aliphatic carbocycles. The zero-order valence-electron chi connectivity index (χ0n) is 9.81. The van der Waals surface area contributed by atoms with Crippen molar-refractivity contribution in [1.29, 1.82) is 0 Å². The molecule has 3 unspecified atom stereocenters. The predicted molar refractivity (Wildman–Crippen MR) is 57.1 cm³/mol. The fourth-order valence-corrected chi connectivity index (χ4v) is 2.99. The molecule has 3 fully saturated rings. The van der Waals surface area contributed by atoms with Crippen LogP contribution >= 0.6 is 0 Å². The molecule has 1 spiro atoms. The predicted octanol–water partition coefficient (Wildman–Crippen LogP) is 1.33. The smallest absolute Gasteiger partial charge is 0.221 e. The molecule has 3 saturated heterocycles. The average molecular weight is 228 g/mol. The van der Waals surface area contributed by atoms with Gasteiger partial charge in [0.1, 0.15) is 12.7 Å². The molecule has 92 valence electrons. The van der Waals surface area contributed by atoms with Crippen molar-refractivity contribution in [1.82, 2.24) is 0 Å². The van der Waals surface area contributed by atoms with Crippen molar-refractivity contribution in [2.45, 2.75) is 44.2 Å². The van der Waals surface area contributed by atoms with Gasteiger partial charge in [0, 0.05) is 5.92 Å². The van der Waals surface area contributed by atoms with Crippen LogP contribution in [-0.2, 0) is 18.9 Å². The van der Waals surface area contributed by atoms with Crippen LogP contribution in [0.25, 0.3) is 0 Å². The van der Waals surface area contributed by atoms with Crippen molar-refractivity contribution in [2.24, 2.45) is 5.92 Å². The van der Waals surface area contributed by atoms with Crippen LogP contribution in [0.3, 0.4) is 0 Å². The fraction of sp³-hybridized carbons (Fsp3) is 1.00. The first-order chi connectivity index (χ1) is 7.86. The number of unbranched alkanes of at least 4 members (excludes halogenated alkanes) is 1. The Labute approximate surface area is 96.2 Å². The lowest BCUT2D eigenvalue weighted by atomic mass is 9.95. The minimum Gasteiger partial charge on any atom is -0.369 e. The number of hydrogen-bond donors (Lipinski definition) is 0. The van der Waals surface area contributed by atoms with E-state index in [0.29, 0.717) is 25.7 Å². The quantitative estimate of drug-likeness (QED) is 0.730. The summed E-state index contributed by atoms with van der Waals surface area (Å²) in [5.74, 6) is -0.0526. The molecule has 4 nitrogen and oxygen atoms in total. The lowest BCUT2D eigenvalue weighted by Crippen LogP contribution is -2.44. The van der Waals surface area contributed by atoms with Gasteiger partial charge in [-0.1, -0.05) is 19.8 Å². The van der Waals surface area contributed by atoms with Crippen LogP contribution in [0.15, 0.2) is 0 Å². The van der Waals surface area contributed by atoms with Gasteiger partial charge in [0.15, 0.2) is 0 Å². The number of hydrogen-bond acceptors (Lipinski definition) is 4. The van der Waals surface area contributed by atoms with Crippen LogP contribution in [0.5, 0.6) is 0 Å². The molecule has 0 radical (unpaired) electrons. The van der Waals surface area contributed by atoms with Gasteiger partial charge in [-0.2, -0.15) is 0 Å². The van der Waals surface area contributed by atoms with E-state index < -0.39 is 5.79 Å². The largest absolute Gasteiger partial charge is 0.369 e. The number of rotatable bonds is 3. The molecule has 3 aliphatic rings. The Bertz CT molecular complexity index is 249. The molecule has 0 aromatic carbocycles. The molecule has 3 rings (SSSR count). The topological polar surface area (TPSA) is 36.9 Å². The minimum atomic E-state index is -0.578. The summed E-state index contributed by atoms with van der Waals surface area (Å²) in [5, 5.41) is 0. The second-order valence-corrected chi connectivity index (χ2v) is 4.94. The molecule has 3 aliphatic heterocycles. The molecule has 0 amide bonds. The highest BCUT2D eigenvalue weighted by atomic mass is 16.8. The van der Waals surface area contributed by atoms with Gasteiger partial charge in [-0.3, -0.25) is 0 Å². The van der Waals surface area contributed by atoms with Crippen LogP contribution in [0.1, 0.15) is 26.2 Å². The van der Waals surface area contributed by atoms with E-state index in [0.717, 1.165) is 6.61 Å². The van der Waals surface area contributed by atoms with E-state index in [4.69, 9.17) is 18.9 Å². The Balaban J connectivity index is 1.66. The highest BCUT2D eigenvalue weighted by molar-refractivity contribution is 5.01. The van der Waals surface area contributed by atoms with Crippen molar-refractivity contribution in [3.8, 4) is 0 Å². The fourth-order valence-electron chi connectivity index (χ4n) is 2.99. The summed E-state index contributed by atoms with van der Waals surface area (Å²) >= 11 is 0. The van der Waals surface area contributed by atoms with E-state index in [1.54, 1.807) is 0 Å². The van der Waals surface area contributed by atoms with Crippen molar-refractivity contribution in [2.75, 3.05) is 26.4 Å². The summed E-state index contributed by atoms with van der Waals surface area (Å²) in [6.07, 6.45) is 3.84. The van der Waals surface area contributed by atoms with Gasteiger partial charge in [-0.05, 0) is 6.42 Å². The second-order valence-electron chi connectivity index (χ2n) is 4.94. The molecule has 3 atom stereocenters. The molecule has 3 heterocycles. The molecule has 16 heavy (non-hydrogen) atoms. The maximum Gasteiger partial charge on any atom is 0.221 e. The molecule has 0 bridgehead atoms. The van der Waals surface area contributed by atoms with E-state index in [1.165, 1.54) is 19.3 Å². The molecule has 0 aromatic heterocycles. The van der Waals surface area contributed by atoms with Gasteiger partial charge < -0.3 is 18.9 Å². The maximum atomic E-state index is 5.85. The van der Waals surface area contributed by atoms with E-state index in [2.05, 4.69) is 6.92 Å². The second kappa shape index (κ2) is 4.26. The molecule has 0 saturated carbocycles. The van der Waals surface area contributed by atoms with Crippen LogP contribution in [0.4, 0.5) is 0 Å². The van der Waals surface area contributed by atoms with Gasteiger partial charge in [0.25, 0.3) is 0 Å². The first-order valence-electron chi connectivity index (χ1n) is 6.37. The summed E-state index contributed by atoms with van der Waals surface area (Å²) in [6.45, 7) is 4.87. The van der Waals surface area contributed by atoms with Crippen molar-refractivity contribution in [3.63, 3.8) is 0 Å². The summed E-state index contributed by atoms with van der Waals surface area (Å²) in [7, 11) is 0. The third-order valence-electron chi connectivity index (χ3n) is 3.87. The molecule has 0 aromatic rings. The zero-order chi connectivity index (χ0) is 11.0. The van der Waals surface area contributed by atoms with Crippen molar-refractivity contribution < 1.29 is 18.9 Å². The normalized spacial score (nSPS) is 40.7. The highest BCUT2D eigenvalue weighted by Crippen LogP contribution is 2.43. The van der Waals surface area contributed by atoms with Crippen LogP contribution in [-0.4, -0.2) is 44.4 Å². The standard InChI is InChI=1S/C12H20O4/c1-2-3-4-9-7-13-11-10(9)14-8-12(11)15-5-6-16-12/h9-11H,2-8H2,1H3. The average Bonchev–Trinajstić information content (AvgIpc) is 2.98. The summed E-state index contributed by atoms with van der Waals surface area (Å²) in [6, 6.07) is 0. The van der Waals surface area contributed by atoms with Crippen molar-refractivity contribution >= 4 is 0 Å². The Morgan fingerprint density at radius 2 is 2.00 bits per heavy atom. The zero-order valence-corrected chi connectivity index (χ0v) is 9.81. The Morgan fingerprint density at radius 1 is 1.19 bits per heavy atom. The lowest BCUT2D eigenvalue weighted by molar-refractivity contribution is -0.206. The van der Waals surface area contributed by atoms with Gasteiger partial charge in [0.2, 0.25) is 5.79 Å². The summed E-state index contributed by atoms with van der Waals surface area (Å²) < 4.78 is 23.1. The van der Waals surface area contributed by atoms with E-state index in [-0.39, 0.29) is 12.2 Å². The molecular formula is C12H20O4. The van der Waals surface area contributed by atoms with Crippen LogP contribution < -0.4 is 0 Å². The lowest BCUT2D eigenvalue weighted by Gasteiger charge is -2.25. The minimum absolute atomic E-state index is 0.00291. The first-order valence-corrected chi connectivity index (χ1v) is 6.37.